The topological polar surface area (TPSA) is 58.1 Å². The van der Waals surface area contributed by atoms with Gasteiger partial charge in [0, 0.05) is 24.5 Å². The van der Waals surface area contributed by atoms with Gasteiger partial charge in [-0.25, -0.2) is 4.98 Å². The molecule has 2 heterocycles. The molecule has 1 saturated heterocycles. The summed E-state index contributed by atoms with van der Waals surface area (Å²) in [7, 11) is 0. The van der Waals surface area contributed by atoms with E-state index in [-0.39, 0.29) is 5.91 Å². The number of carbonyl (C=O) groups is 1. The molecule has 1 aromatic heterocycles. The molecule has 3 aromatic rings. The number of nitrogens with one attached hydrogen (secondary N) is 1. The molecule has 1 aliphatic rings. The van der Waals surface area contributed by atoms with Gasteiger partial charge in [-0.3, -0.25) is 9.78 Å². The molecule has 2 aromatic carbocycles. The largest absolute Gasteiger partial charge is 0.371 e. The molecule has 0 saturated carbocycles. The van der Waals surface area contributed by atoms with Crippen molar-refractivity contribution < 1.29 is 4.79 Å². The number of anilines is 2. The van der Waals surface area contributed by atoms with E-state index in [0.717, 1.165) is 35.5 Å². The van der Waals surface area contributed by atoms with Crippen molar-refractivity contribution in [1.82, 2.24) is 9.97 Å². The number of benzene rings is 2. The molecule has 5 heteroatoms. The van der Waals surface area contributed by atoms with Gasteiger partial charge >= 0.3 is 0 Å². The van der Waals surface area contributed by atoms with Gasteiger partial charge in [-0.05, 0) is 43.2 Å². The minimum atomic E-state index is -0.244. The molecule has 0 unspecified atom stereocenters. The molecular weight excluding hydrogens is 300 g/mol. The van der Waals surface area contributed by atoms with Crippen LogP contribution in [-0.4, -0.2) is 29.0 Å². The molecule has 1 N–H and O–H groups in total. The lowest BCUT2D eigenvalue weighted by Crippen LogP contribution is -2.18. The quantitative estimate of drug-likeness (QED) is 0.803. The predicted octanol–water partition coefficient (Wildman–Crippen LogP) is 3.48. The molecule has 120 valence electrons. The molecular formula is C19H18N4O. The second-order valence-electron chi connectivity index (χ2n) is 5.94. The van der Waals surface area contributed by atoms with Crippen molar-refractivity contribution in [2.24, 2.45) is 0 Å². The Kier molecular flexibility index (Phi) is 3.83. The lowest BCUT2D eigenvalue weighted by Gasteiger charge is -2.18. The van der Waals surface area contributed by atoms with Crippen LogP contribution < -0.4 is 10.2 Å². The lowest BCUT2D eigenvalue weighted by atomic mass is 10.2. The highest BCUT2D eigenvalue weighted by Gasteiger charge is 2.14. The number of fused-ring (bicyclic) bond motifs is 1. The van der Waals surface area contributed by atoms with Gasteiger partial charge in [-0.1, -0.05) is 18.2 Å². The van der Waals surface area contributed by atoms with Crippen LogP contribution >= 0.6 is 0 Å². The van der Waals surface area contributed by atoms with Gasteiger partial charge in [0.05, 0.1) is 17.2 Å². The van der Waals surface area contributed by atoms with Crippen LogP contribution in [0.1, 0.15) is 23.3 Å². The van der Waals surface area contributed by atoms with Crippen LogP contribution in [0.2, 0.25) is 0 Å². The monoisotopic (exact) mass is 318 g/mol. The van der Waals surface area contributed by atoms with Gasteiger partial charge in [0.15, 0.2) is 0 Å². The van der Waals surface area contributed by atoms with Crippen LogP contribution in [0.4, 0.5) is 11.4 Å². The van der Waals surface area contributed by atoms with Crippen LogP contribution in [-0.2, 0) is 0 Å². The Balaban J connectivity index is 1.55. The Hall–Kier alpha value is -2.95. The number of para-hydroxylation sites is 2. The van der Waals surface area contributed by atoms with Crippen molar-refractivity contribution in [2.75, 3.05) is 23.3 Å². The molecule has 0 spiro atoms. The van der Waals surface area contributed by atoms with E-state index in [9.17, 15) is 4.79 Å². The van der Waals surface area contributed by atoms with Crippen molar-refractivity contribution in [3.8, 4) is 0 Å². The molecule has 1 aliphatic heterocycles. The first kappa shape index (κ1) is 14.6. The maximum atomic E-state index is 12.5. The Morgan fingerprint density at radius 2 is 1.79 bits per heavy atom. The van der Waals surface area contributed by atoms with Crippen molar-refractivity contribution in [2.45, 2.75) is 12.8 Å². The first-order valence-corrected chi connectivity index (χ1v) is 8.18. The maximum Gasteiger partial charge on any atom is 0.275 e. The van der Waals surface area contributed by atoms with Gasteiger partial charge in [-0.15, -0.1) is 0 Å². The van der Waals surface area contributed by atoms with Gasteiger partial charge < -0.3 is 10.2 Å². The summed E-state index contributed by atoms with van der Waals surface area (Å²) in [5, 5.41) is 2.92. The van der Waals surface area contributed by atoms with E-state index in [2.05, 4.69) is 26.3 Å². The average molecular weight is 318 g/mol. The van der Waals surface area contributed by atoms with E-state index >= 15 is 0 Å². The highest BCUT2D eigenvalue weighted by atomic mass is 16.1. The molecule has 24 heavy (non-hydrogen) atoms. The molecule has 5 nitrogen and oxygen atoms in total. The minimum absolute atomic E-state index is 0.244. The maximum absolute atomic E-state index is 12.5. The lowest BCUT2D eigenvalue weighted by molar-refractivity contribution is 0.102. The fourth-order valence-electron chi connectivity index (χ4n) is 3.02. The molecule has 0 atom stereocenters. The Bertz CT molecular complexity index is 887. The summed E-state index contributed by atoms with van der Waals surface area (Å²) in [6.07, 6.45) is 3.97. The van der Waals surface area contributed by atoms with Crippen LogP contribution in [0.15, 0.2) is 54.7 Å². The number of carbonyl (C=O) groups excluding carboxylic acids is 1. The van der Waals surface area contributed by atoms with Gasteiger partial charge in [0.25, 0.3) is 5.91 Å². The normalized spacial score (nSPS) is 14.1. The summed E-state index contributed by atoms with van der Waals surface area (Å²) in [6.45, 7) is 2.15. The number of hydrogen-bond donors (Lipinski definition) is 1. The van der Waals surface area contributed by atoms with Crippen molar-refractivity contribution in [1.29, 1.82) is 0 Å². The zero-order valence-corrected chi connectivity index (χ0v) is 13.3. The summed E-state index contributed by atoms with van der Waals surface area (Å²) >= 11 is 0. The van der Waals surface area contributed by atoms with Crippen LogP contribution in [0.3, 0.4) is 0 Å². The van der Waals surface area contributed by atoms with Crippen LogP contribution in [0.25, 0.3) is 11.0 Å². The summed E-state index contributed by atoms with van der Waals surface area (Å²) in [5.41, 5.74) is 3.75. The first-order chi connectivity index (χ1) is 11.8. The molecule has 0 bridgehead atoms. The van der Waals surface area contributed by atoms with E-state index in [4.69, 9.17) is 0 Å². The summed E-state index contributed by atoms with van der Waals surface area (Å²) in [4.78, 5) is 23.5. The van der Waals surface area contributed by atoms with E-state index in [1.54, 1.807) is 0 Å². The predicted molar refractivity (Wildman–Crippen MR) is 95.4 cm³/mol. The van der Waals surface area contributed by atoms with E-state index in [1.807, 2.05) is 42.5 Å². The number of aromatic nitrogens is 2. The molecule has 0 aliphatic carbocycles. The van der Waals surface area contributed by atoms with Crippen LogP contribution in [0, 0.1) is 0 Å². The highest BCUT2D eigenvalue weighted by Crippen LogP contribution is 2.23. The first-order valence-electron chi connectivity index (χ1n) is 8.18. The number of nitrogens with zero attached hydrogens (tertiary/aromatic N) is 3. The fraction of sp³-hybridized carbons (Fsp3) is 0.211. The third-order valence-corrected chi connectivity index (χ3v) is 4.26. The average Bonchev–Trinajstić information content (AvgIpc) is 3.16. The minimum Gasteiger partial charge on any atom is -0.371 e. The van der Waals surface area contributed by atoms with Gasteiger partial charge in [0.2, 0.25) is 0 Å². The Morgan fingerprint density at radius 1 is 1.00 bits per heavy atom. The summed E-state index contributed by atoms with van der Waals surface area (Å²) in [5.74, 6) is -0.244. The molecule has 1 amide bonds. The van der Waals surface area contributed by atoms with Crippen molar-refractivity contribution >= 4 is 28.3 Å². The van der Waals surface area contributed by atoms with Crippen molar-refractivity contribution in [3.63, 3.8) is 0 Å². The second kappa shape index (κ2) is 6.28. The Labute approximate surface area is 140 Å². The van der Waals surface area contributed by atoms with E-state index in [1.165, 1.54) is 19.0 Å². The smallest absolute Gasteiger partial charge is 0.275 e. The van der Waals surface area contributed by atoms with Crippen molar-refractivity contribution in [3.05, 3.63) is 60.4 Å². The zero-order chi connectivity index (χ0) is 16.4. The standard InChI is InChI=1S/C19H18N4O/c24-19(18-13-20-16-8-1-2-9-17(16)22-18)21-14-6-5-7-15(12-14)23-10-3-4-11-23/h1-2,5-9,12-13H,3-4,10-11H2,(H,21,24). The third kappa shape index (κ3) is 2.93. The summed E-state index contributed by atoms with van der Waals surface area (Å²) < 4.78 is 0. The Morgan fingerprint density at radius 3 is 2.62 bits per heavy atom. The molecule has 0 radical (unpaired) electrons. The SMILES string of the molecule is O=C(Nc1cccc(N2CCCC2)c1)c1cnc2ccccc2n1. The van der Waals surface area contributed by atoms with Crippen LogP contribution in [0.5, 0.6) is 0 Å². The van der Waals surface area contributed by atoms with Gasteiger partial charge in [0.1, 0.15) is 5.69 Å². The number of rotatable bonds is 3. The second-order valence-corrected chi connectivity index (χ2v) is 5.94. The van der Waals surface area contributed by atoms with E-state index in [0.29, 0.717) is 5.69 Å². The van der Waals surface area contributed by atoms with E-state index < -0.39 is 0 Å². The van der Waals surface area contributed by atoms with Gasteiger partial charge in [-0.2, -0.15) is 0 Å². The zero-order valence-electron chi connectivity index (χ0n) is 13.3. The summed E-state index contributed by atoms with van der Waals surface area (Å²) in [6, 6.07) is 15.5. The molecule has 1 fully saturated rings. The fourth-order valence-corrected chi connectivity index (χ4v) is 3.02. The third-order valence-electron chi connectivity index (χ3n) is 4.26. The number of hydrogen-bond acceptors (Lipinski definition) is 4. The highest BCUT2D eigenvalue weighted by molar-refractivity contribution is 6.03. The molecule has 4 rings (SSSR count). The number of amides is 1.